The van der Waals surface area contributed by atoms with E-state index in [-0.39, 0.29) is 0 Å². The number of hydrogen-bond donors (Lipinski definition) is 3. The van der Waals surface area contributed by atoms with Crippen LogP contribution in [-0.2, 0) is 6.42 Å². The number of aliphatic hydroxyl groups is 1. The van der Waals surface area contributed by atoms with Crippen molar-refractivity contribution in [1.82, 2.24) is 20.3 Å². The minimum Gasteiger partial charge on any atom is -0.508 e. The Balaban J connectivity index is 1.34. The van der Waals surface area contributed by atoms with E-state index >= 15 is 0 Å². The molecular weight excluding hydrogens is 494 g/mol. The lowest BCUT2D eigenvalue weighted by Gasteiger charge is -2.34. The molecule has 4 rings (SSSR count). The Kier molecular flexibility index (Phi) is 10.4. The summed E-state index contributed by atoms with van der Waals surface area (Å²) in [4.78, 5) is 15.8. The van der Waals surface area contributed by atoms with E-state index in [4.69, 9.17) is 9.97 Å². The smallest absolute Gasteiger partial charge is 0.139 e. The van der Waals surface area contributed by atoms with Gasteiger partial charge in [0, 0.05) is 42.4 Å². The molecule has 1 aliphatic rings. The summed E-state index contributed by atoms with van der Waals surface area (Å²) in [6.07, 6.45) is 13.7. The van der Waals surface area contributed by atoms with Gasteiger partial charge in [-0.3, -0.25) is 0 Å². The fraction of sp³-hybridized carbons (Fsp3) is 0.529. The van der Waals surface area contributed by atoms with E-state index in [1.165, 1.54) is 36.9 Å². The third-order valence-electron chi connectivity index (χ3n) is 8.59. The SMILES string of the molecule is C/C=C\C(O)=C/c1c(C)[nH]c(C)c1CCNCC1CCC([C@@H](CCC)c2nc(N(C)C)c3ccccc3n2)CC1. The third kappa shape index (κ3) is 7.14. The Hall–Kier alpha value is -3.12. The summed E-state index contributed by atoms with van der Waals surface area (Å²) < 4.78 is 0. The molecule has 2 heterocycles. The Bertz CT molecular complexity index is 1310. The number of hydrogen-bond acceptors (Lipinski definition) is 5. The van der Waals surface area contributed by atoms with Gasteiger partial charge in [-0.25, -0.2) is 9.97 Å². The van der Waals surface area contributed by atoms with E-state index in [0.29, 0.717) is 17.6 Å². The lowest BCUT2D eigenvalue weighted by Crippen LogP contribution is -2.30. The predicted molar refractivity (Wildman–Crippen MR) is 169 cm³/mol. The topological polar surface area (TPSA) is 77.1 Å². The highest BCUT2D eigenvalue weighted by molar-refractivity contribution is 5.89. The van der Waals surface area contributed by atoms with Crippen molar-refractivity contribution in [2.24, 2.45) is 11.8 Å². The van der Waals surface area contributed by atoms with Crippen molar-refractivity contribution >= 4 is 22.8 Å². The number of aryl methyl sites for hydroxylation is 2. The van der Waals surface area contributed by atoms with Crippen LogP contribution in [0.4, 0.5) is 5.82 Å². The van der Waals surface area contributed by atoms with Crippen LogP contribution in [0, 0.1) is 25.7 Å². The summed E-state index contributed by atoms with van der Waals surface area (Å²) in [5, 5.41) is 15.1. The van der Waals surface area contributed by atoms with Gasteiger partial charge in [-0.05, 0) is 114 Å². The molecule has 216 valence electrons. The van der Waals surface area contributed by atoms with Crippen LogP contribution in [0.1, 0.15) is 86.6 Å². The maximum Gasteiger partial charge on any atom is 0.139 e. The molecule has 1 atom stereocenters. The number of para-hydroxylation sites is 1. The number of nitrogens with zero attached hydrogens (tertiary/aromatic N) is 3. The first-order chi connectivity index (χ1) is 19.3. The molecule has 0 amide bonds. The Morgan fingerprint density at radius 3 is 2.58 bits per heavy atom. The van der Waals surface area contributed by atoms with Crippen LogP contribution >= 0.6 is 0 Å². The molecule has 0 radical (unpaired) electrons. The number of H-pyrrole nitrogens is 1. The number of nitrogens with one attached hydrogen (secondary N) is 2. The predicted octanol–water partition coefficient (Wildman–Crippen LogP) is 7.64. The van der Waals surface area contributed by atoms with Crippen LogP contribution in [0.5, 0.6) is 0 Å². The van der Waals surface area contributed by atoms with Gasteiger partial charge in [0.15, 0.2) is 0 Å². The summed E-state index contributed by atoms with van der Waals surface area (Å²) in [5.41, 5.74) is 5.76. The molecule has 1 aliphatic carbocycles. The summed E-state index contributed by atoms with van der Waals surface area (Å²) in [5.74, 6) is 4.16. The molecule has 40 heavy (non-hydrogen) atoms. The first-order valence-electron chi connectivity index (χ1n) is 15.2. The standard InChI is InChI=1S/C34H49N5O/c1-7-11-27(40)21-31-24(4)36-23(3)28(31)19-20-35-22-25-15-17-26(18-16-25)29(12-8-2)33-37-32-14-10-9-13-30(32)34(38-33)39(5)6/h7,9-11,13-14,21,25-26,29,35-36,40H,8,12,15-20,22H2,1-6H3/b11-7-,27-21+/t25?,26?,29-/m1/s1. The van der Waals surface area contributed by atoms with Crippen molar-refractivity contribution in [3.63, 3.8) is 0 Å². The summed E-state index contributed by atoms with van der Waals surface area (Å²) >= 11 is 0. The molecule has 1 fully saturated rings. The number of allylic oxidation sites excluding steroid dienone is 2. The molecule has 1 saturated carbocycles. The summed E-state index contributed by atoms with van der Waals surface area (Å²) in [6.45, 7) is 10.4. The van der Waals surface area contributed by atoms with Crippen LogP contribution in [0.3, 0.4) is 0 Å². The molecule has 6 nitrogen and oxygen atoms in total. The summed E-state index contributed by atoms with van der Waals surface area (Å²) in [7, 11) is 4.16. The molecule has 0 spiro atoms. The number of fused-ring (bicyclic) bond motifs is 1. The van der Waals surface area contributed by atoms with E-state index < -0.39 is 0 Å². The molecule has 1 aromatic carbocycles. The van der Waals surface area contributed by atoms with Gasteiger partial charge in [-0.15, -0.1) is 0 Å². The number of aliphatic hydroxyl groups excluding tert-OH is 1. The largest absolute Gasteiger partial charge is 0.508 e. The van der Waals surface area contributed by atoms with Gasteiger partial charge in [0.05, 0.1) is 5.52 Å². The fourth-order valence-electron chi connectivity index (χ4n) is 6.52. The van der Waals surface area contributed by atoms with E-state index in [0.717, 1.165) is 72.1 Å². The molecule has 0 aliphatic heterocycles. The highest BCUT2D eigenvalue weighted by atomic mass is 16.3. The number of aromatic amines is 1. The third-order valence-corrected chi connectivity index (χ3v) is 8.59. The van der Waals surface area contributed by atoms with Gasteiger partial charge in [0.2, 0.25) is 0 Å². The van der Waals surface area contributed by atoms with Gasteiger partial charge >= 0.3 is 0 Å². The first-order valence-corrected chi connectivity index (χ1v) is 15.2. The van der Waals surface area contributed by atoms with Crippen LogP contribution in [0.2, 0.25) is 0 Å². The monoisotopic (exact) mass is 543 g/mol. The van der Waals surface area contributed by atoms with Crippen LogP contribution < -0.4 is 10.2 Å². The van der Waals surface area contributed by atoms with E-state index in [1.807, 2.05) is 19.1 Å². The van der Waals surface area contributed by atoms with Crippen LogP contribution in [0.15, 0.2) is 42.2 Å². The quantitative estimate of drug-likeness (QED) is 0.124. The number of benzene rings is 1. The highest BCUT2D eigenvalue weighted by Gasteiger charge is 2.30. The van der Waals surface area contributed by atoms with Crippen molar-refractivity contribution < 1.29 is 5.11 Å². The minimum absolute atomic E-state index is 0.295. The second-order valence-electron chi connectivity index (χ2n) is 11.8. The van der Waals surface area contributed by atoms with Gasteiger partial charge in [0.1, 0.15) is 17.4 Å². The van der Waals surface area contributed by atoms with Crippen LogP contribution in [-0.4, -0.2) is 47.2 Å². The Morgan fingerprint density at radius 1 is 1.12 bits per heavy atom. The average Bonchev–Trinajstić information content (AvgIpc) is 3.20. The molecule has 2 aromatic heterocycles. The molecule has 6 heteroatoms. The molecule has 3 N–H and O–H groups in total. The lowest BCUT2D eigenvalue weighted by molar-refractivity contribution is 0.227. The number of rotatable bonds is 12. The van der Waals surface area contributed by atoms with Gasteiger partial charge in [-0.2, -0.15) is 0 Å². The molecule has 0 saturated heterocycles. The van der Waals surface area contributed by atoms with Gasteiger partial charge in [-0.1, -0.05) is 31.6 Å². The number of anilines is 1. The molecule has 3 aromatic rings. The van der Waals surface area contributed by atoms with E-state index in [1.54, 1.807) is 6.08 Å². The molecule has 0 unspecified atom stereocenters. The maximum atomic E-state index is 10.2. The average molecular weight is 544 g/mol. The second kappa shape index (κ2) is 14.0. The zero-order valence-electron chi connectivity index (χ0n) is 25.4. The zero-order valence-corrected chi connectivity index (χ0v) is 25.4. The second-order valence-corrected chi connectivity index (χ2v) is 11.8. The van der Waals surface area contributed by atoms with Gasteiger partial charge < -0.3 is 20.3 Å². The zero-order chi connectivity index (χ0) is 28.6. The molecule has 0 bridgehead atoms. The summed E-state index contributed by atoms with van der Waals surface area (Å²) in [6, 6.07) is 8.41. The van der Waals surface area contributed by atoms with Crippen molar-refractivity contribution in [1.29, 1.82) is 0 Å². The lowest BCUT2D eigenvalue weighted by atomic mass is 9.74. The fourth-order valence-corrected chi connectivity index (χ4v) is 6.52. The normalized spacial score (nSPS) is 19.0. The number of aromatic nitrogens is 3. The maximum absolute atomic E-state index is 10.2. The van der Waals surface area contributed by atoms with E-state index in [2.05, 4.69) is 74.3 Å². The molecular formula is C34H49N5O. The van der Waals surface area contributed by atoms with Crippen molar-refractivity contribution in [2.75, 3.05) is 32.1 Å². The minimum atomic E-state index is 0.295. The highest BCUT2D eigenvalue weighted by Crippen LogP contribution is 2.40. The van der Waals surface area contributed by atoms with Crippen molar-refractivity contribution in [2.45, 2.75) is 78.6 Å². The Morgan fingerprint density at radius 2 is 1.88 bits per heavy atom. The van der Waals surface area contributed by atoms with Crippen molar-refractivity contribution in [3.05, 3.63) is 70.5 Å². The van der Waals surface area contributed by atoms with Gasteiger partial charge in [0.25, 0.3) is 0 Å². The Labute approximate surface area is 241 Å². The first kappa shape index (κ1) is 29.9. The van der Waals surface area contributed by atoms with E-state index in [9.17, 15) is 5.11 Å². The van der Waals surface area contributed by atoms with Crippen LogP contribution in [0.25, 0.3) is 17.0 Å². The van der Waals surface area contributed by atoms with Crippen molar-refractivity contribution in [3.8, 4) is 0 Å².